The minimum Gasteiger partial charge on any atom is -0.456 e. The number of hydrogen-bond donors (Lipinski definition) is 0. The molecule has 320 valence electrons. The van der Waals surface area contributed by atoms with E-state index in [1.807, 2.05) is 6.07 Å². The summed E-state index contributed by atoms with van der Waals surface area (Å²) in [5, 5.41) is 2.21. The largest absolute Gasteiger partial charge is 0.456 e. The number of furan rings is 1. The molecule has 0 N–H and O–H groups in total. The Hall–Kier alpha value is -7.62. The summed E-state index contributed by atoms with van der Waals surface area (Å²) in [4.78, 5) is 4.73. The van der Waals surface area contributed by atoms with E-state index < -0.39 is 5.41 Å². The van der Waals surface area contributed by atoms with Gasteiger partial charge >= 0.3 is 0 Å². The van der Waals surface area contributed by atoms with Crippen molar-refractivity contribution in [1.82, 2.24) is 0 Å². The first kappa shape index (κ1) is 39.9. The second-order valence-corrected chi connectivity index (χ2v) is 20.2. The Balaban J connectivity index is 1.08. The van der Waals surface area contributed by atoms with Crippen LogP contribution >= 0.6 is 0 Å². The number of benzene rings is 9. The van der Waals surface area contributed by atoms with Crippen molar-refractivity contribution in [2.45, 2.75) is 57.8 Å². The molecule has 2 aliphatic rings. The van der Waals surface area contributed by atoms with Crippen molar-refractivity contribution in [2.75, 3.05) is 9.80 Å². The molecule has 0 saturated heterocycles. The highest BCUT2D eigenvalue weighted by molar-refractivity contribution is 6.07. The lowest BCUT2D eigenvalue weighted by Gasteiger charge is -2.33. The van der Waals surface area contributed by atoms with E-state index in [1.54, 1.807) is 0 Å². The van der Waals surface area contributed by atoms with Gasteiger partial charge in [-0.3, -0.25) is 0 Å². The maximum absolute atomic E-state index is 6.37. The number of anilines is 6. The van der Waals surface area contributed by atoms with Crippen LogP contribution in [0.5, 0.6) is 0 Å². The lowest BCUT2D eigenvalue weighted by Crippen LogP contribution is -2.27. The van der Waals surface area contributed by atoms with E-state index in [-0.39, 0.29) is 10.8 Å². The highest BCUT2D eigenvalue weighted by Crippen LogP contribution is 2.64. The van der Waals surface area contributed by atoms with Gasteiger partial charge in [0, 0.05) is 44.9 Å². The van der Waals surface area contributed by atoms with Crippen LogP contribution < -0.4 is 9.80 Å². The third-order valence-electron chi connectivity index (χ3n) is 14.2. The van der Waals surface area contributed by atoms with Gasteiger partial charge in [-0.1, -0.05) is 163 Å². The fourth-order valence-electron chi connectivity index (χ4n) is 10.9. The van der Waals surface area contributed by atoms with Crippen molar-refractivity contribution in [2.24, 2.45) is 0 Å². The Kier molecular flexibility index (Phi) is 8.90. The van der Waals surface area contributed by atoms with Crippen molar-refractivity contribution >= 4 is 56.1 Å². The number of para-hydroxylation sites is 3. The Morgan fingerprint density at radius 1 is 0.318 bits per heavy atom. The number of nitrogens with zero attached hydrogens (tertiary/aromatic N) is 2. The SMILES string of the molecule is CC(C)(C)c1ccc2c(c1)C1(c3ccccc3-c3cc(N(c4ccc(N(c5ccccc5)c5ccccc5)cc4)c4ccc5oc6ccccc6c5c4)ccc31)c1cc(C(C)(C)C)ccc1-2. The maximum Gasteiger partial charge on any atom is 0.135 e. The van der Waals surface area contributed by atoms with Crippen LogP contribution in [0, 0.1) is 0 Å². The van der Waals surface area contributed by atoms with Crippen LogP contribution in [0.15, 0.2) is 211 Å². The summed E-state index contributed by atoms with van der Waals surface area (Å²) in [5.41, 5.74) is 21.1. The van der Waals surface area contributed by atoms with E-state index in [9.17, 15) is 0 Å². The molecule has 0 radical (unpaired) electrons. The summed E-state index contributed by atoms with van der Waals surface area (Å²) in [7, 11) is 0. The predicted octanol–water partition coefficient (Wildman–Crippen LogP) is 17.5. The Bertz CT molecular complexity index is 3390. The van der Waals surface area contributed by atoms with Gasteiger partial charge < -0.3 is 14.2 Å². The van der Waals surface area contributed by atoms with E-state index in [0.29, 0.717) is 0 Å². The zero-order chi connectivity index (χ0) is 45.0. The molecule has 1 aromatic heterocycles. The second-order valence-electron chi connectivity index (χ2n) is 20.2. The molecule has 0 amide bonds. The van der Waals surface area contributed by atoms with Crippen molar-refractivity contribution in [3.8, 4) is 22.3 Å². The van der Waals surface area contributed by atoms with Crippen molar-refractivity contribution in [3.05, 3.63) is 240 Å². The first-order valence-corrected chi connectivity index (χ1v) is 23.2. The molecule has 10 aromatic rings. The average Bonchev–Trinajstić information content (AvgIpc) is 3.95. The first-order valence-electron chi connectivity index (χ1n) is 23.2. The van der Waals surface area contributed by atoms with Gasteiger partial charge in [0.15, 0.2) is 0 Å². The van der Waals surface area contributed by atoms with Gasteiger partial charge in [-0.2, -0.15) is 0 Å². The zero-order valence-corrected chi connectivity index (χ0v) is 38.4. The molecular formula is C63H52N2O. The summed E-state index contributed by atoms with van der Waals surface area (Å²) in [6, 6.07) is 76.2. The smallest absolute Gasteiger partial charge is 0.135 e. The monoisotopic (exact) mass is 852 g/mol. The molecule has 0 unspecified atom stereocenters. The van der Waals surface area contributed by atoms with Gasteiger partial charge in [0.1, 0.15) is 11.2 Å². The fraction of sp³-hybridized carbons (Fsp3) is 0.143. The molecule has 9 aromatic carbocycles. The quantitative estimate of drug-likeness (QED) is 0.166. The maximum atomic E-state index is 6.37. The van der Waals surface area contributed by atoms with E-state index in [1.165, 1.54) is 55.6 Å². The fourth-order valence-corrected chi connectivity index (χ4v) is 10.9. The molecule has 1 spiro atoms. The molecule has 3 nitrogen and oxygen atoms in total. The Morgan fingerprint density at radius 2 is 0.758 bits per heavy atom. The molecule has 12 rings (SSSR count). The lowest BCUT2D eigenvalue weighted by molar-refractivity contribution is 0.586. The lowest BCUT2D eigenvalue weighted by atomic mass is 9.69. The molecule has 3 heteroatoms. The molecule has 0 aliphatic heterocycles. The highest BCUT2D eigenvalue weighted by Gasteiger charge is 2.52. The number of rotatable bonds is 6. The summed E-state index contributed by atoms with van der Waals surface area (Å²) in [6.07, 6.45) is 0. The third-order valence-corrected chi connectivity index (χ3v) is 14.2. The molecule has 0 fully saturated rings. The third kappa shape index (κ3) is 6.10. The number of fused-ring (bicyclic) bond motifs is 13. The van der Waals surface area contributed by atoms with Crippen molar-refractivity contribution < 1.29 is 4.42 Å². The molecule has 0 saturated carbocycles. The molecule has 1 heterocycles. The molecule has 0 bridgehead atoms. The minimum absolute atomic E-state index is 0.0109. The number of hydrogen-bond acceptors (Lipinski definition) is 3. The second kappa shape index (κ2) is 14.7. The van der Waals surface area contributed by atoms with E-state index in [0.717, 1.165) is 56.1 Å². The van der Waals surface area contributed by atoms with Crippen LogP contribution in [0.25, 0.3) is 44.2 Å². The topological polar surface area (TPSA) is 19.6 Å². The van der Waals surface area contributed by atoms with Crippen LogP contribution in [0.4, 0.5) is 34.1 Å². The van der Waals surface area contributed by atoms with Gasteiger partial charge in [-0.25, -0.2) is 0 Å². The van der Waals surface area contributed by atoms with Crippen molar-refractivity contribution in [3.63, 3.8) is 0 Å². The molecule has 2 aliphatic carbocycles. The highest BCUT2D eigenvalue weighted by atomic mass is 16.3. The van der Waals surface area contributed by atoms with Crippen LogP contribution in [0.2, 0.25) is 0 Å². The van der Waals surface area contributed by atoms with Gasteiger partial charge in [0.05, 0.1) is 5.41 Å². The summed E-state index contributed by atoms with van der Waals surface area (Å²) in [6.45, 7) is 14.0. The first-order chi connectivity index (χ1) is 32.0. The standard InChI is InChI=1S/C63H52N2O/c1-61(2,3)41-25-33-50-51-34-26-42(62(4,5)6)38-58(51)63(57(50)37-41)55-23-15-13-21-49(55)53-39-47(31-35-56(53)63)65(48-32-36-60-54(40-48)52-22-14-16-24-59(52)66-60)46-29-27-45(28-30-46)64(43-17-9-7-10-18-43)44-19-11-8-12-20-44/h7-40H,1-6H3. The van der Waals surface area contributed by atoms with Crippen LogP contribution in [0.1, 0.15) is 74.9 Å². The van der Waals surface area contributed by atoms with Gasteiger partial charge in [-0.05, 0) is 151 Å². The van der Waals surface area contributed by atoms with Crippen LogP contribution in [0.3, 0.4) is 0 Å². The Morgan fingerprint density at radius 3 is 1.36 bits per heavy atom. The summed E-state index contributed by atoms with van der Waals surface area (Å²) >= 11 is 0. The van der Waals surface area contributed by atoms with E-state index >= 15 is 0 Å². The summed E-state index contributed by atoms with van der Waals surface area (Å²) < 4.78 is 6.37. The average molecular weight is 853 g/mol. The van der Waals surface area contributed by atoms with Gasteiger partial charge in [0.2, 0.25) is 0 Å². The van der Waals surface area contributed by atoms with Crippen LogP contribution in [-0.2, 0) is 16.2 Å². The normalized spacial score (nSPS) is 13.4. The Labute approximate surface area is 388 Å². The van der Waals surface area contributed by atoms with Gasteiger partial charge in [0.25, 0.3) is 0 Å². The zero-order valence-electron chi connectivity index (χ0n) is 38.4. The summed E-state index contributed by atoms with van der Waals surface area (Å²) in [5.74, 6) is 0. The molecule has 66 heavy (non-hydrogen) atoms. The predicted molar refractivity (Wildman–Crippen MR) is 277 cm³/mol. The van der Waals surface area contributed by atoms with E-state index in [2.05, 4.69) is 252 Å². The van der Waals surface area contributed by atoms with Crippen molar-refractivity contribution in [1.29, 1.82) is 0 Å². The van der Waals surface area contributed by atoms with Gasteiger partial charge in [-0.15, -0.1) is 0 Å². The molecular weight excluding hydrogens is 801 g/mol. The van der Waals surface area contributed by atoms with Crippen LogP contribution in [-0.4, -0.2) is 0 Å². The van der Waals surface area contributed by atoms with E-state index in [4.69, 9.17) is 4.42 Å². The molecule has 0 atom stereocenters. The minimum atomic E-state index is -0.475.